The Kier molecular flexibility index (Phi) is 5.02. The summed E-state index contributed by atoms with van der Waals surface area (Å²) in [5.74, 6) is 0. The molecular weight excluding hydrogens is 508 g/mol. The summed E-state index contributed by atoms with van der Waals surface area (Å²) in [6, 6.07) is 34.7. The van der Waals surface area contributed by atoms with Gasteiger partial charge in [-0.1, -0.05) is 48.5 Å². The Hall–Kier alpha value is -5.75. The first-order valence-electron chi connectivity index (χ1n) is 13.3. The van der Waals surface area contributed by atoms with Gasteiger partial charge in [-0.25, -0.2) is 9.38 Å². The third kappa shape index (κ3) is 3.54. The minimum Gasteiger partial charge on any atom is -0.268 e. The molecule has 0 unspecified atom stereocenters. The lowest BCUT2D eigenvalue weighted by atomic mass is 9.94. The fraction of sp³-hybridized carbons (Fsp3) is 0. The maximum atomic E-state index is 13.7. The molecule has 0 saturated carbocycles. The van der Waals surface area contributed by atoms with Crippen molar-refractivity contribution in [2.45, 2.75) is 0 Å². The van der Waals surface area contributed by atoms with Crippen LogP contribution in [0.25, 0.3) is 71.7 Å². The molecule has 0 aliphatic rings. The van der Waals surface area contributed by atoms with Gasteiger partial charge < -0.3 is 0 Å². The lowest BCUT2D eigenvalue weighted by Gasteiger charge is -2.15. The van der Waals surface area contributed by atoms with Crippen molar-refractivity contribution in [3.8, 4) is 33.9 Å². The van der Waals surface area contributed by atoms with E-state index in [1.807, 2.05) is 84.9 Å². The predicted molar refractivity (Wildman–Crippen MR) is 163 cm³/mol. The fourth-order valence-corrected chi connectivity index (χ4v) is 5.79. The molecule has 0 radical (unpaired) electrons. The minimum absolute atomic E-state index is 0.305. The quantitative estimate of drug-likeness (QED) is 0.187. The number of hydrogen-bond acceptors (Lipinski definition) is 5. The zero-order valence-electron chi connectivity index (χ0n) is 21.7. The summed E-state index contributed by atoms with van der Waals surface area (Å²) in [6.45, 7) is 0. The normalized spacial score (nSPS) is 11.6. The maximum absolute atomic E-state index is 13.7. The number of aromatic nitrogens is 4. The van der Waals surface area contributed by atoms with Crippen molar-refractivity contribution in [3.05, 3.63) is 142 Å². The lowest BCUT2D eigenvalue weighted by Crippen LogP contribution is -2.27. The number of rotatable bonds is 3. The van der Waals surface area contributed by atoms with E-state index in [0.717, 1.165) is 55.4 Å². The molecule has 8 aromatic rings. The molecular formula is C35H20N4O2. The summed E-state index contributed by atoms with van der Waals surface area (Å²) in [6.07, 6.45) is 3.51. The van der Waals surface area contributed by atoms with Crippen LogP contribution in [-0.4, -0.2) is 19.4 Å². The monoisotopic (exact) mass is 528 g/mol. The molecule has 0 spiro atoms. The summed E-state index contributed by atoms with van der Waals surface area (Å²) in [7, 11) is 0. The first-order valence-corrected chi connectivity index (χ1v) is 13.3. The molecule has 0 fully saturated rings. The Morgan fingerprint density at radius 1 is 0.439 bits per heavy atom. The van der Waals surface area contributed by atoms with Crippen molar-refractivity contribution < 1.29 is 0 Å². The standard InChI is InChI=1S/C35H20N4O2/c40-34-25-11-3-1-9-23(25)27-17-21(18-28-24-10-2-4-12-26(24)35(41)39(34)33(27)28)22-19-31(29-13-5-7-15-36-29)38-32(20-22)30-14-6-8-16-37-30/h1-20H. The molecule has 192 valence electrons. The Labute approximate surface area is 233 Å². The third-order valence-corrected chi connectivity index (χ3v) is 7.65. The minimum atomic E-state index is -0.305. The van der Waals surface area contributed by atoms with Crippen molar-refractivity contribution in [3.63, 3.8) is 0 Å². The highest BCUT2D eigenvalue weighted by Gasteiger charge is 2.19. The van der Waals surface area contributed by atoms with Crippen LogP contribution in [0, 0.1) is 0 Å². The second-order valence-corrected chi connectivity index (χ2v) is 10.0. The van der Waals surface area contributed by atoms with E-state index in [1.165, 1.54) is 4.40 Å². The fourth-order valence-electron chi connectivity index (χ4n) is 5.79. The summed E-state index contributed by atoms with van der Waals surface area (Å²) < 4.78 is 1.34. The average Bonchev–Trinajstić information content (AvgIpc) is 3.05. The van der Waals surface area contributed by atoms with Crippen molar-refractivity contribution in [1.82, 2.24) is 19.4 Å². The summed E-state index contributed by atoms with van der Waals surface area (Å²) in [4.78, 5) is 41.3. The Morgan fingerprint density at radius 2 is 0.878 bits per heavy atom. The Balaban J connectivity index is 1.53. The van der Waals surface area contributed by atoms with E-state index in [-0.39, 0.29) is 11.1 Å². The van der Waals surface area contributed by atoms with Gasteiger partial charge >= 0.3 is 0 Å². The number of fused-ring (bicyclic) bond motifs is 4. The highest BCUT2D eigenvalue weighted by atomic mass is 16.2. The molecule has 6 heteroatoms. The Morgan fingerprint density at radius 3 is 1.34 bits per heavy atom. The van der Waals surface area contributed by atoms with Crippen LogP contribution in [0.4, 0.5) is 0 Å². The van der Waals surface area contributed by atoms with E-state index in [2.05, 4.69) is 22.1 Å². The van der Waals surface area contributed by atoms with E-state index in [9.17, 15) is 9.59 Å². The van der Waals surface area contributed by atoms with Crippen molar-refractivity contribution >= 4 is 37.8 Å². The van der Waals surface area contributed by atoms with Gasteiger partial charge in [-0.15, -0.1) is 0 Å². The molecule has 0 bridgehead atoms. The molecule has 0 N–H and O–H groups in total. The Bertz CT molecular complexity index is 2240. The first-order chi connectivity index (χ1) is 20.2. The molecule has 0 amide bonds. The van der Waals surface area contributed by atoms with Crippen molar-refractivity contribution in [1.29, 1.82) is 0 Å². The highest BCUT2D eigenvalue weighted by molar-refractivity contribution is 6.19. The maximum Gasteiger partial charge on any atom is 0.266 e. The molecule has 5 heterocycles. The lowest BCUT2D eigenvalue weighted by molar-refractivity contribution is 1.09. The zero-order chi connectivity index (χ0) is 27.5. The summed E-state index contributed by atoms with van der Waals surface area (Å²) in [5, 5.41) is 4.31. The second kappa shape index (κ2) is 8.89. The summed E-state index contributed by atoms with van der Waals surface area (Å²) in [5.41, 5.74) is 4.84. The van der Waals surface area contributed by atoms with E-state index < -0.39 is 0 Å². The van der Waals surface area contributed by atoms with E-state index in [1.54, 1.807) is 24.5 Å². The van der Waals surface area contributed by atoms with Gasteiger partial charge in [-0.3, -0.25) is 19.6 Å². The first kappa shape index (κ1) is 23.2. The molecule has 3 aromatic carbocycles. The summed E-state index contributed by atoms with van der Waals surface area (Å²) >= 11 is 0. The topological polar surface area (TPSA) is 77.2 Å². The predicted octanol–water partition coefficient (Wildman–Crippen LogP) is 6.74. The molecule has 6 nitrogen and oxygen atoms in total. The van der Waals surface area contributed by atoms with Crippen LogP contribution < -0.4 is 11.1 Å². The van der Waals surface area contributed by atoms with Crippen LogP contribution in [0.5, 0.6) is 0 Å². The molecule has 0 aliphatic heterocycles. The van der Waals surface area contributed by atoms with Gasteiger partial charge in [0.2, 0.25) is 0 Å². The number of hydrogen-bond donors (Lipinski definition) is 0. The van der Waals surface area contributed by atoms with Gasteiger partial charge in [-0.2, -0.15) is 0 Å². The van der Waals surface area contributed by atoms with Gasteiger partial charge in [0.25, 0.3) is 11.1 Å². The van der Waals surface area contributed by atoms with E-state index >= 15 is 0 Å². The van der Waals surface area contributed by atoms with Crippen LogP contribution in [0.2, 0.25) is 0 Å². The van der Waals surface area contributed by atoms with E-state index in [4.69, 9.17) is 4.98 Å². The smallest absolute Gasteiger partial charge is 0.266 e. The molecule has 5 aromatic heterocycles. The van der Waals surface area contributed by atoms with Crippen LogP contribution in [0.15, 0.2) is 131 Å². The molecule has 0 aliphatic carbocycles. The molecule has 8 rings (SSSR count). The largest absolute Gasteiger partial charge is 0.268 e. The average molecular weight is 529 g/mol. The van der Waals surface area contributed by atoms with Gasteiger partial charge in [0.1, 0.15) is 0 Å². The zero-order valence-corrected chi connectivity index (χ0v) is 21.7. The third-order valence-electron chi connectivity index (χ3n) is 7.65. The van der Waals surface area contributed by atoms with Crippen molar-refractivity contribution in [2.24, 2.45) is 0 Å². The van der Waals surface area contributed by atoms with Crippen LogP contribution in [-0.2, 0) is 0 Å². The van der Waals surface area contributed by atoms with Crippen LogP contribution in [0.1, 0.15) is 0 Å². The molecule has 0 atom stereocenters. The highest BCUT2D eigenvalue weighted by Crippen LogP contribution is 2.36. The van der Waals surface area contributed by atoms with E-state index in [0.29, 0.717) is 16.3 Å². The van der Waals surface area contributed by atoms with Gasteiger partial charge in [-0.05, 0) is 82.6 Å². The molecule has 41 heavy (non-hydrogen) atoms. The number of nitrogens with zero attached hydrogens (tertiary/aromatic N) is 4. The molecule has 0 saturated heterocycles. The van der Waals surface area contributed by atoms with Crippen LogP contribution >= 0.6 is 0 Å². The van der Waals surface area contributed by atoms with Gasteiger partial charge in [0.05, 0.1) is 28.3 Å². The SMILES string of the molecule is O=c1c2ccccc2c2cc(-c3cc(-c4ccccn4)nc(-c4ccccn4)c3)cc3c4ccccc4c(=O)n1c23. The van der Waals surface area contributed by atoms with Crippen LogP contribution in [0.3, 0.4) is 0 Å². The second-order valence-electron chi connectivity index (χ2n) is 10.0. The number of benzene rings is 3. The van der Waals surface area contributed by atoms with Gasteiger partial charge in [0.15, 0.2) is 0 Å². The van der Waals surface area contributed by atoms with Gasteiger partial charge in [0, 0.05) is 33.9 Å². The van der Waals surface area contributed by atoms with Crippen molar-refractivity contribution in [2.75, 3.05) is 0 Å². The number of pyridine rings is 5.